The van der Waals surface area contributed by atoms with Crippen LogP contribution in [-0.2, 0) is 25.3 Å². The van der Waals surface area contributed by atoms with Gasteiger partial charge in [-0.05, 0) is 87.4 Å². The monoisotopic (exact) mass is 464 g/mol. The van der Waals surface area contributed by atoms with Gasteiger partial charge >= 0.3 is 12.1 Å². The van der Waals surface area contributed by atoms with E-state index >= 15 is 0 Å². The van der Waals surface area contributed by atoms with Crippen molar-refractivity contribution in [2.24, 2.45) is 39.6 Å². The molecular formula is C24H36N2O5S. The molecule has 4 aliphatic carbocycles. The number of hydrogen-bond acceptors (Lipinski definition) is 6. The smallest absolute Gasteiger partial charge is 0.443 e. The number of amides is 1. The van der Waals surface area contributed by atoms with Crippen molar-refractivity contribution in [1.82, 2.24) is 4.41 Å². The first kappa shape index (κ1) is 22.4. The fourth-order valence-electron chi connectivity index (χ4n) is 8.30. The molecule has 0 spiro atoms. The van der Waals surface area contributed by atoms with Crippen LogP contribution in [-0.4, -0.2) is 44.4 Å². The molecule has 8 heteroatoms. The molecule has 0 saturated heterocycles. The van der Waals surface area contributed by atoms with Crippen LogP contribution < -0.4 is 0 Å². The van der Waals surface area contributed by atoms with E-state index in [-0.39, 0.29) is 34.8 Å². The second kappa shape index (κ2) is 7.81. The van der Waals surface area contributed by atoms with Gasteiger partial charge in [-0.3, -0.25) is 4.79 Å². The first-order valence-corrected chi connectivity index (χ1v) is 13.5. The summed E-state index contributed by atoms with van der Waals surface area (Å²) in [6, 6.07) is 0. The van der Waals surface area contributed by atoms with Crippen molar-refractivity contribution in [2.75, 3.05) is 6.61 Å². The number of fused-ring (bicyclic) bond motifs is 6. The van der Waals surface area contributed by atoms with Crippen LogP contribution in [0.3, 0.4) is 0 Å². The van der Waals surface area contributed by atoms with Gasteiger partial charge in [0.25, 0.3) is 0 Å². The van der Waals surface area contributed by atoms with Crippen LogP contribution in [0.1, 0.15) is 79.1 Å². The molecule has 9 atom stereocenters. The number of carbonyl (C=O) groups is 2. The summed E-state index contributed by atoms with van der Waals surface area (Å²) in [5.41, 5.74) is 1.11. The Morgan fingerprint density at radius 2 is 1.88 bits per heavy atom. The zero-order valence-corrected chi connectivity index (χ0v) is 20.5. The number of nitrogens with zero attached hydrogens (tertiary/aromatic N) is 2. The van der Waals surface area contributed by atoms with E-state index in [1.807, 2.05) is 0 Å². The van der Waals surface area contributed by atoms with Crippen LogP contribution in [0.4, 0.5) is 4.79 Å². The second-order valence-electron chi connectivity index (χ2n) is 11.1. The Morgan fingerprint density at radius 3 is 2.59 bits per heavy atom. The minimum Gasteiger partial charge on any atom is -0.462 e. The second-order valence-corrected chi connectivity index (χ2v) is 12.6. The molecule has 0 N–H and O–H groups in total. The van der Waals surface area contributed by atoms with Crippen LogP contribution in [0.2, 0.25) is 0 Å². The van der Waals surface area contributed by atoms with E-state index in [1.54, 1.807) is 6.92 Å². The van der Waals surface area contributed by atoms with Crippen LogP contribution in [0, 0.1) is 34.5 Å². The summed E-state index contributed by atoms with van der Waals surface area (Å²) >= 11 is 0. The number of ether oxygens (including phenoxy) is 2. The molecule has 32 heavy (non-hydrogen) atoms. The fourth-order valence-corrected chi connectivity index (χ4v) is 9.80. The summed E-state index contributed by atoms with van der Waals surface area (Å²) in [5, 5.41) is 4.29. The quantitative estimate of drug-likeness (QED) is 0.564. The lowest BCUT2D eigenvalue weighted by molar-refractivity contribution is -0.160. The summed E-state index contributed by atoms with van der Waals surface area (Å²) in [6.07, 6.45) is 7.80. The molecular weight excluding hydrogens is 428 g/mol. The fraction of sp³-hybridized carbons (Fsp3) is 0.875. The molecule has 7 nitrogen and oxygen atoms in total. The SMILES string of the molecule is CCOC(=O)N1N=C2C[C@@H]3CC[C@@H]4[C@H](CC[C@]5(C)[C@@H](OC(C)=O)CC[C@@H]45)[C@@]3(C)C[C@H]2S1=O. The lowest BCUT2D eigenvalue weighted by Crippen LogP contribution is -2.56. The van der Waals surface area contributed by atoms with Crippen molar-refractivity contribution in [1.29, 1.82) is 0 Å². The summed E-state index contributed by atoms with van der Waals surface area (Å²) in [4.78, 5) is 23.9. The van der Waals surface area contributed by atoms with E-state index in [2.05, 4.69) is 18.9 Å². The zero-order valence-electron chi connectivity index (χ0n) is 19.7. The van der Waals surface area contributed by atoms with Gasteiger partial charge in [-0.25, -0.2) is 9.00 Å². The molecule has 5 aliphatic rings. The van der Waals surface area contributed by atoms with Gasteiger partial charge in [0.05, 0.1) is 17.6 Å². The first-order chi connectivity index (χ1) is 15.2. The topological polar surface area (TPSA) is 85.3 Å². The Balaban J connectivity index is 1.38. The highest BCUT2D eigenvalue weighted by atomic mass is 32.2. The standard InChI is InChI=1S/C24H36N2O5S/c1-5-30-22(28)26-25-19-12-15-6-7-16-17-8-9-21(31-14(2)27)23(17,3)11-10-18(16)24(15,4)13-20(19)32(26)29/h15-18,20-21H,5-13H2,1-4H3/t15-,16-,17-,18-,20+,21-,23-,24-,32?/m0/s1. The molecule has 0 aromatic carbocycles. The molecule has 1 amide bonds. The average Bonchev–Trinajstić information content (AvgIpc) is 3.23. The molecule has 4 saturated carbocycles. The highest BCUT2D eigenvalue weighted by molar-refractivity contribution is 7.85. The van der Waals surface area contributed by atoms with E-state index < -0.39 is 17.1 Å². The molecule has 0 bridgehead atoms. The third kappa shape index (κ3) is 3.18. The van der Waals surface area contributed by atoms with E-state index in [9.17, 15) is 13.8 Å². The molecule has 0 aromatic rings. The van der Waals surface area contributed by atoms with Crippen molar-refractivity contribution < 1.29 is 23.3 Å². The van der Waals surface area contributed by atoms with Gasteiger partial charge in [0.15, 0.2) is 11.0 Å². The normalized spacial score (nSPS) is 46.9. The van der Waals surface area contributed by atoms with Gasteiger partial charge < -0.3 is 9.47 Å². The van der Waals surface area contributed by atoms with E-state index in [0.717, 1.165) is 55.1 Å². The lowest BCUT2D eigenvalue weighted by Gasteiger charge is -2.60. The van der Waals surface area contributed by atoms with Crippen molar-refractivity contribution in [3.05, 3.63) is 0 Å². The summed E-state index contributed by atoms with van der Waals surface area (Å²) in [6.45, 7) is 8.28. The number of carbonyl (C=O) groups excluding carboxylic acids is 2. The van der Waals surface area contributed by atoms with Gasteiger partial charge in [-0.2, -0.15) is 5.10 Å². The molecule has 5 rings (SSSR count). The van der Waals surface area contributed by atoms with Gasteiger partial charge in [-0.1, -0.05) is 13.8 Å². The Morgan fingerprint density at radius 1 is 1.12 bits per heavy atom. The van der Waals surface area contributed by atoms with Crippen molar-refractivity contribution in [3.63, 3.8) is 0 Å². The predicted molar refractivity (Wildman–Crippen MR) is 121 cm³/mol. The van der Waals surface area contributed by atoms with E-state index in [1.165, 1.54) is 13.3 Å². The molecule has 0 radical (unpaired) electrons. The average molecular weight is 465 g/mol. The molecule has 0 aromatic heterocycles. The van der Waals surface area contributed by atoms with E-state index in [4.69, 9.17) is 9.47 Å². The first-order valence-electron chi connectivity index (χ1n) is 12.3. The largest absolute Gasteiger partial charge is 0.462 e. The maximum Gasteiger partial charge on any atom is 0.443 e. The van der Waals surface area contributed by atoms with Crippen LogP contribution in [0.25, 0.3) is 0 Å². The number of esters is 1. The van der Waals surface area contributed by atoms with E-state index in [0.29, 0.717) is 23.7 Å². The minimum absolute atomic E-state index is 0.0436. The Labute approximate surface area is 193 Å². The third-order valence-electron chi connectivity index (χ3n) is 9.80. The van der Waals surface area contributed by atoms with Crippen LogP contribution in [0.15, 0.2) is 5.10 Å². The van der Waals surface area contributed by atoms with Crippen LogP contribution in [0.5, 0.6) is 0 Å². The molecule has 178 valence electrons. The molecule has 1 aliphatic heterocycles. The number of rotatable bonds is 2. The van der Waals surface area contributed by atoms with Crippen LogP contribution >= 0.6 is 0 Å². The number of hydrazone groups is 1. The minimum atomic E-state index is -1.49. The third-order valence-corrected chi connectivity index (χ3v) is 11.3. The van der Waals surface area contributed by atoms with Gasteiger partial charge in [-0.15, -0.1) is 4.41 Å². The Hall–Kier alpha value is -1.44. The van der Waals surface area contributed by atoms with Crippen molar-refractivity contribution in [3.8, 4) is 0 Å². The maximum absolute atomic E-state index is 13.2. The summed E-state index contributed by atoms with van der Waals surface area (Å²) in [7, 11) is -1.49. The molecule has 1 heterocycles. The van der Waals surface area contributed by atoms with Gasteiger partial charge in [0.2, 0.25) is 0 Å². The molecule has 1 unspecified atom stereocenters. The summed E-state index contributed by atoms with van der Waals surface area (Å²) < 4.78 is 25.1. The van der Waals surface area contributed by atoms with Crippen molar-refractivity contribution >= 4 is 28.8 Å². The predicted octanol–water partition coefficient (Wildman–Crippen LogP) is 4.43. The Kier molecular flexibility index (Phi) is 5.46. The maximum atomic E-state index is 13.2. The zero-order chi connectivity index (χ0) is 22.8. The molecule has 4 fully saturated rings. The van der Waals surface area contributed by atoms with Crippen molar-refractivity contribution in [2.45, 2.75) is 90.4 Å². The summed E-state index contributed by atoms with van der Waals surface area (Å²) in [5.74, 6) is 2.16. The lowest BCUT2D eigenvalue weighted by atomic mass is 9.45. The number of hydrogen-bond donors (Lipinski definition) is 0. The highest BCUT2D eigenvalue weighted by Crippen LogP contribution is 2.66. The highest BCUT2D eigenvalue weighted by Gasteiger charge is 2.63. The van der Waals surface area contributed by atoms with Gasteiger partial charge in [0.1, 0.15) is 6.10 Å². The Bertz CT molecular complexity index is 876. The van der Waals surface area contributed by atoms with Gasteiger partial charge in [0, 0.05) is 12.3 Å².